The van der Waals surface area contributed by atoms with E-state index in [-0.39, 0.29) is 12.8 Å². The zero-order chi connectivity index (χ0) is 10.5. The highest BCUT2D eigenvalue weighted by Gasteiger charge is 2.41. The average Bonchev–Trinajstić information content (AvgIpc) is 2.12. The van der Waals surface area contributed by atoms with Gasteiger partial charge >= 0.3 is 11.9 Å². The third kappa shape index (κ3) is 2.48. The first-order chi connectivity index (χ1) is 5.99. The number of terminal acetylenes is 1. The van der Waals surface area contributed by atoms with Gasteiger partial charge in [-0.05, 0) is 13.3 Å². The molecule has 0 aliphatic rings. The molecule has 0 aromatic carbocycles. The number of rotatable bonds is 4. The number of carbonyl (C=O) groups excluding carboxylic acids is 1. The Hall–Kier alpha value is -1.50. The fraction of sp³-hybridized carbons (Fsp3) is 0.556. The van der Waals surface area contributed by atoms with E-state index in [2.05, 4.69) is 10.7 Å². The van der Waals surface area contributed by atoms with Gasteiger partial charge in [0.1, 0.15) is 0 Å². The third-order valence-electron chi connectivity index (χ3n) is 1.88. The van der Waals surface area contributed by atoms with Gasteiger partial charge in [-0.3, -0.25) is 9.59 Å². The van der Waals surface area contributed by atoms with Crippen LogP contribution in [0, 0.1) is 17.8 Å². The minimum Gasteiger partial charge on any atom is -0.480 e. The van der Waals surface area contributed by atoms with E-state index >= 15 is 0 Å². The lowest BCUT2D eigenvalue weighted by molar-refractivity contribution is -0.165. The number of carboxylic acid groups (broad SMARTS) is 1. The second-order valence-corrected chi connectivity index (χ2v) is 2.83. The molecule has 0 saturated carbocycles. The van der Waals surface area contributed by atoms with Crippen molar-refractivity contribution in [2.24, 2.45) is 5.41 Å². The van der Waals surface area contributed by atoms with E-state index in [0.717, 1.165) is 7.11 Å². The largest absolute Gasteiger partial charge is 0.480 e. The van der Waals surface area contributed by atoms with E-state index in [4.69, 9.17) is 11.5 Å². The summed E-state index contributed by atoms with van der Waals surface area (Å²) < 4.78 is 4.39. The molecule has 0 heterocycles. The van der Waals surface area contributed by atoms with Crippen LogP contribution in [-0.4, -0.2) is 24.2 Å². The van der Waals surface area contributed by atoms with Crippen molar-refractivity contribution in [1.82, 2.24) is 0 Å². The maximum absolute atomic E-state index is 11.1. The number of methoxy groups -OCH3 is 1. The molecule has 1 N–H and O–H groups in total. The van der Waals surface area contributed by atoms with Crippen LogP contribution in [0.15, 0.2) is 0 Å². The Bertz CT molecular complexity index is 251. The van der Waals surface area contributed by atoms with Crippen molar-refractivity contribution in [1.29, 1.82) is 0 Å². The number of aliphatic carboxylic acids is 1. The normalized spacial score (nSPS) is 13.9. The molecule has 1 atom stereocenters. The standard InChI is InChI=1S/C9H12O4/c1-4-5-6-9(2,7(10)11)8(12)13-3/h1H,5-6H2,2-3H3,(H,10,11). The van der Waals surface area contributed by atoms with Gasteiger partial charge in [0.05, 0.1) is 7.11 Å². The summed E-state index contributed by atoms with van der Waals surface area (Å²) in [6.45, 7) is 1.30. The molecule has 0 fully saturated rings. The predicted octanol–water partition coefficient (Wildman–Crippen LogP) is 0.664. The maximum atomic E-state index is 11.1. The number of esters is 1. The molecule has 0 bridgehead atoms. The molecule has 0 saturated heterocycles. The van der Waals surface area contributed by atoms with Gasteiger partial charge in [0.25, 0.3) is 0 Å². The van der Waals surface area contributed by atoms with Gasteiger partial charge in [0.2, 0.25) is 0 Å². The van der Waals surface area contributed by atoms with Gasteiger partial charge in [-0.1, -0.05) is 0 Å². The molecular weight excluding hydrogens is 172 g/mol. The third-order valence-corrected chi connectivity index (χ3v) is 1.88. The first kappa shape index (κ1) is 11.5. The van der Waals surface area contributed by atoms with E-state index in [9.17, 15) is 9.59 Å². The molecule has 0 amide bonds. The number of carboxylic acids is 1. The summed E-state index contributed by atoms with van der Waals surface area (Å²) >= 11 is 0. The smallest absolute Gasteiger partial charge is 0.322 e. The van der Waals surface area contributed by atoms with Crippen molar-refractivity contribution >= 4 is 11.9 Å². The molecule has 72 valence electrons. The molecule has 0 radical (unpaired) electrons. The monoisotopic (exact) mass is 184 g/mol. The Kier molecular flexibility index (Phi) is 3.99. The molecule has 0 aromatic rings. The van der Waals surface area contributed by atoms with Gasteiger partial charge < -0.3 is 9.84 Å². The highest BCUT2D eigenvalue weighted by atomic mass is 16.5. The lowest BCUT2D eigenvalue weighted by Gasteiger charge is -2.20. The summed E-state index contributed by atoms with van der Waals surface area (Å²) in [7, 11) is 1.15. The van der Waals surface area contributed by atoms with Crippen molar-refractivity contribution in [3.05, 3.63) is 0 Å². The predicted molar refractivity (Wildman–Crippen MR) is 45.8 cm³/mol. The minimum atomic E-state index is -1.53. The number of hydrogen-bond acceptors (Lipinski definition) is 3. The molecule has 0 spiro atoms. The number of hydrogen-bond donors (Lipinski definition) is 1. The van der Waals surface area contributed by atoms with E-state index in [1.165, 1.54) is 6.92 Å². The van der Waals surface area contributed by atoms with Crippen LogP contribution in [0.25, 0.3) is 0 Å². The van der Waals surface area contributed by atoms with Crippen LogP contribution in [0.1, 0.15) is 19.8 Å². The van der Waals surface area contributed by atoms with Crippen molar-refractivity contribution in [3.63, 3.8) is 0 Å². The molecule has 4 nitrogen and oxygen atoms in total. The van der Waals surface area contributed by atoms with Crippen LogP contribution in [0.3, 0.4) is 0 Å². The number of ether oxygens (including phenoxy) is 1. The van der Waals surface area contributed by atoms with Crippen LogP contribution in [0.5, 0.6) is 0 Å². The van der Waals surface area contributed by atoms with E-state index < -0.39 is 17.4 Å². The van der Waals surface area contributed by atoms with Crippen LogP contribution in [0.2, 0.25) is 0 Å². The molecule has 0 aliphatic heterocycles. The lowest BCUT2D eigenvalue weighted by Crippen LogP contribution is -2.37. The fourth-order valence-electron chi connectivity index (χ4n) is 0.844. The molecule has 4 heteroatoms. The first-order valence-corrected chi connectivity index (χ1v) is 3.74. The van der Waals surface area contributed by atoms with Crippen molar-refractivity contribution in [3.8, 4) is 12.3 Å². The highest BCUT2D eigenvalue weighted by Crippen LogP contribution is 2.24. The summed E-state index contributed by atoms with van der Waals surface area (Å²) in [5.74, 6) is 0.304. The van der Waals surface area contributed by atoms with E-state index in [1.54, 1.807) is 0 Å². The van der Waals surface area contributed by atoms with Crippen LogP contribution >= 0.6 is 0 Å². The highest BCUT2D eigenvalue weighted by molar-refractivity contribution is 5.98. The summed E-state index contributed by atoms with van der Waals surface area (Å²) in [6.07, 6.45) is 5.31. The van der Waals surface area contributed by atoms with Crippen LogP contribution in [0.4, 0.5) is 0 Å². The number of carbonyl (C=O) groups is 2. The minimum absolute atomic E-state index is 0.0888. The van der Waals surface area contributed by atoms with Gasteiger partial charge in [0, 0.05) is 6.42 Å². The Labute approximate surface area is 76.9 Å². The van der Waals surface area contributed by atoms with Gasteiger partial charge in [-0.25, -0.2) is 0 Å². The molecule has 1 unspecified atom stereocenters. The van der Waals surface area contributed by atoms with Gasteiger partial charge in [-0.2, -0.15) is 0 Å². The lowest BCUT2D eigenvalue weighted by atomic mass is 9.86. The zero-order valence-corrected chi connectivity index (χ0v) is 7.66. The first-order valence-electron chi connectivity index (χ1n) is 3.74. The quantitative estimate of drug-likeness (QED) is 0.396. The van der Waals surface area contributed by atoms with Gasteiger partial charge in [-0.15, -0.1) is 12.3 Å². The summed E-state index contributed by atoms with van der Waals surface area (Å²) in [5, 5.41) is 8.79. The second-order valence-electron chi connectivity index (χ2n) is 2.83. The average molecular weight is 184 g/mol. The summed E-state index contributed by atoms with van der Waals surface area (Å²) in [6, 6.07) is 0. The van der Waals surface area contributed by atoms with E-state index in [1.807, 2.05) is 0 Å². The Morgan fingerprint density at radius 3 is 2.46 bits per heavy atom. The van der Waals surface area contributed by atoms with Crippen molar-refractivity contribution < 1.29 is 19.4 Å². The maximum Gasteiger partial charge on any atom is 0.322 e. The summed E-state index contributed by atoms with van der Waals surface area (Å²) in [5.41, 5.74) is -1.53. The van der Waals surface area contributed by atoms with E-state index in [0.29, 0.717) is 0 Å². The SMILES string of the molecule is C#CCCC(C)(C(=O)O)C(=O)OC. The second kappa shape index (κ2) is 4.51. The molecule has 0 rings (SSSR count). The van der Waals surface area contributed by atoms with Crippen LogP contribution < -0.4 is 0 Å². The summed E-state index contributed by atoms with van der Waals surface area (Å²) in [4.78, 5) is 21.9. The Morgan fingerprint density at radius 2 is 2.15 bits per heavy atom. The molecular formula is C9H12O4. The Morgan fingerprint density at radius 1 is 1.62 bits per heavy atom. The zero-order valence-electron chi connectivity index (χ0n) is 7.66. The van der Waals surface area contributed by atoms with Gasteiger partial charge in [0.15, 0.2) is 5.41 Å². The Balaban J connectivity index is 4.64. The van der Waals surface area contributed by atoms with Crippen LogP contribution in [-0.2, 0) is 14.3 Å². The van der Waals surface area contributed by atoms with Crippen molar-refractivity contribution in [2.45, 2.75) is 19.8 Å². The fourth-order valence-corrected chi connectivity index (χ4v) is 0.844. The molecule has 13 heavy (non-hydrogen) atoms. The topological polar surface area (TPSA) is 63.6 Å². The van der Waals surface area contributed by atoms with Crippen molar-refractivity contribution in [2.75, 3.05) is 7.11 Å². The molecule has 0 aliphatic carbocycles. The molecule has 0 aromatic heterocycles.